The highest BCUT2D eigenvalue weighted by molar-refractivity contribution is 8.00. The van der Waals surface area contributed by atoms with Crippen molar-refractivity contribution < 1.29 is 9.72 Å². The quantitative estimate of drug-likeness (QED) is 0.202. The lowest BCUT2D eigenvalue weighted by atomic mass is 9.68. The molecule has 5 rings (SSSR count). The van der Waals surface area contributed by atoms with Crippen molar-refractivity contribution >= 4 is 51.3 Å². The molecule has 12 heteroatoms. The SMILES string of the molecule is CC1(C)CC(=O)C2=C(C1)N(c1nnc(SCc3ccccc3Cl)s1)C(N)=C(C#N)[C@H]2c1cccc([N+](=O)[O-])c1. The Kier molecular flexibility index (Phi) is 7.20. The Morgan fingerprint density at radius 1 is 1.26 bits per heavy atom. The van der Waals surface area contributed by atoms with Gasteiger partial charge in [0.05, 0.1) is 22.5 Å². The number of halogens is 1. The lowest BCUT2D eigenvalue weighted by Gasteiger charge is -2.42. The van der Waals surface area contributed by atoms with Crippen LogP contribution in [0.2, 0.25) is 5.02 Å². The van der Waals surface area contributed by atoms with Crippen molar-refractivity contribution in [2.45, 2.75) is 42.7 Å². The van der Waals surface area contributed by atoms with Gasteiger partial charge in [0.25, 0.3) is 5.69 Å². The Balaban J connectivity index is 1.59. The first-order chi connectivity index (χ1) is 18.6. The number of aromatic nitrogens is 2. The molecule has 2 aromatic carbocycles. The summed E-state index contributed by atoms with van der Waals surface area (Å²) in [5, 5.41) is 31.5. The van der Waals surface area contributed by atoms with Crippen molar-refractivity contribution in [2.24, 2.45) is 11.1 Å². The zero-order valence-electron chi connectivity index (χ0n) is 21.1. The van der Waals surface area contributed by atoms with Crippen molar-refractivity contribution in [2.75, 3.05) is 4.90 Å². The molecule has 2 N–H and O–H groups in total. The van der Waals surface area contributed by atoms with Crippen LogP contribution in [0.4, 0.5) is 10.8 Å². The summed E-state index contributed by atoms with van der Waals surface area (Å²) in [6, 6.07) is 15.8. The van der Waals surface area contributed by atoms with Crippen LogP contribution in [0.5, 0.6) is 0 Å². The van der Waals surface area contributed by atoms with Gasteiger partial charge in [-0.15, -0.1) is 10.2 Å². The smallest absolute Gasteiger partial charge is 0.269 e. The number of nitro groups is 1. The van der Waals surface area contributed by atoms with Crippen molar-refractivity contribution in [3.05, 3.63) is 97.5 Å². The van der Waals surface area contributed by atoms with Crippen molar-refractivity contribution in [1.82, 2.24) is 10.2 Å². The number of nitrogens with zero attached hydrogens (tertiary/aromatic N) is 5. The number of nitriles is 1. The normalized spacial score (nSPS) is 18.7. The molecule has 39 heavy (non-hydrogen) atoms. The first-order valence-corrected chi connectivity index (χ1v) is 14.2. The van der Waals surface area contributed by atoms with Gasteiger partial charge in [-0.3, -0.25) is 19.8 Å². The number of anilines is 1. The summed E-state index contributed by atoms with van der Waals surface area (Å²) in [7, 11) is 0. The molecule has 198 valence electrons. The second-order valence-electron chi connectivity index (χ2n) is 10.1. The van der Waals surface area contributed by atoms with E-state index in [2.05, 4.69) is 16.3 Å². The summed E-state index contributed by atoms with van der Waals surface area (Å²) < 4.78 is 0.681. The molecular weight excluding hydrogens is 556 g/mol. The summed E-state index contributed by atoms with van der Waals surface area (Å²) in [6.07, 6.45) is 0.777. The first-order valence-electron chi connectivity index (χ1n) is 12.0. The third-order valence-electron chi connectivity index (χ3n) is 6.69. The third-order valence-corrected chi connectivity index (χ3v) is 9.15. The van der Waals surface area contributed by atoms with Crippen LogP contribution in [-0.2, 0) is 10.5 Å². The van der Waals surface area contributed by atoms with Gasteiger partial charge in [-0.1, -0.05) is 78.9 Å². The Bertz CT molecular complexity index is 1610. The number of hydrogen-bond donors (Lipinski definition) is 1. The summed E-state index contributed by atoms with van der Waals surface area (Å²) in [5.74, 6) is -0.207. The number of ketones is 1. The van der Waals surface area contributed by atoms with E-state index in [0.29, 0.717) is 43.5 Å². The fraction of sp³-hybridized carbons (Fsp3) is 0.259. The number of non-ortho nitro benzene ring substituents is 1. The van der Waals surface area contributed by atoms with Crippen LogP contribution in [0.25, 0.3) is 0 Å². The minimum Gasteiger partial charge on any atom is -0.384 e. The summed E-state index contributed by atoms with van der Waals surface area (Å²) in [5.41, 5.74) is 8.80. The molecule has 1 atom stereocenters. The van der Waals surface area contributed by atoms with Crippen LogP contribution >= 0.6 is 34.7 Å². The van der Waals surface area contributed by atoms with E-state index in [1.54, 1.807) is 17.0 Å². The molecule has 2 aliphatic rings. The number of nitrogens with two attached hydrogens (primary N) is 1. The number of carbonyl (C=O) groups is 1. The van der Waals surface area contributed by atoms with E-state index in [9.17, 15) is 20.2 Å². The Labute approximate surface area is 238 Å². The second kappa shape index (κ2) is 10.4. The maximum Gasteiger partial charge on any atom is 0.269 e. The average Bonchev–Trinajstić information content (AvgIpc) is 3.35. The molecule has 2 heterocycles. The van der Waals surface area contributed by atoms with E-state index in [4.69, 9.17) is 17.3 Å². The van der Waals surface area contributed by atoms with Gasteiger partial charge in [0.15, 0.2) is 10.1 Å². The van der Waals surface area contributed by atoms with Gasteiger partial charge in [-0.05, 0) is 29.0 Å². The molecular formula is C27H23ClN6O3S2. The number of benzene rings is 2. The standard InChI is InChI=1S/C27H23ClN6O3S2/c1-27(2)11-20-23(21(35)12-27)22(15-7-5-8-17(10-15)34(36)37)18(13-29)24(30)33(20)25-31-32-26(39-25)38-14-16-6-3-4-9-19(16)28/h3-10,22H,11-12,14,30H2,1-2H3/t22-/m1/s1. The van der Waals surface area contributed by atoms with Crippen LogP contribution < -0.4 is 10.6 Å². The van der Waals surface area contributed by atoms with E-state index >= 15 is 0 Å². The molecule has 1 aliphatic heterocycles. The van der Waals surface area contributed by atoms with Gasteiger partial charge in [-0.25, -0.2) is 0 Å². The topological polar surface area (TPSA) is 139 Å². The molecule has 1 aromatic heterocycles. The number of hydrogen-bond acceptors (Lipinski definition) is 10. The molecule has 0 unspecified atom stereocenters. The summed E-state index contributed by atoms with van der Waals surface area (Å²) >= 11 is 9.08. The molecule has 1 aliphatic carbocycles. The highest BCUT2D eigenvalue weighted by Gasteiger charge is 2.45. The highest BCUT2D eigenvalue weighted by Crippen LogP contribution is 2.51. The van der Waals surface area contributed by atoms with E-state index in [0.717, 1.165) is 5.56 Å². The van der Waals surface area contributed by atoms with E-state index in [1.165, 1.54) is 35.2 Å². The van der Waals surface area contributed by atoms with Crippen molar-refractivity contribution in [1.29, 1.82) is 5.26 Å². The van der Waals surface area contributed by atoms with E-state index in [1.807, 2.05) is 38.1 Å². The van der Waals surface area contributed by atoms with Crippen molar-refractivity contribution in [3.8, 4) is 6.07 Å². The average molecular weight is 579 g/mol. The fourth-order valence-electron chi connectivity index (χ4n) is 4.98. The zero-order chi connectivity index (χ0) is 27.9. The number of allylic oxidation sites excluding steroid dienone is 3. The Morgan fingerprint density at radius 2 is 2.03 bits per heavy atom. The maximum absolute atomic E-state index is 13.6. The lowest BCUT2D eigenvalue weighted by molar-refractivity contribution is -0.384. The fourth-order valence-corrected chi connectivity index (χ4v) is 7.15. The molecule has 3 aromatic rings. The summed E-state index contributed by atoms with van der Waals surface area (Å²) in [6.45, 7) is 4.00. The van der Waals surface area contributed by atoms with E-state index < -0.39 is 10.8 Å². The molecule has 0 bridgehead atoms. The molecule has 0 saturated heterocycles. The predicted molar refractivity (Wildman–Crippen MR) is 151 cm³/mol. The van der Waals surface area contributed by atoms with Crippen LogP contribution in [-0.4, -0.2) is 20.9 Å². The number of nitro benzene ring substituents is 1. The third kappa shape index (κ3) is 5.15. The summed E-state index contributed by atoms with van der Waals surface area (Å²) in [4.78, 5) is 26.3. The van der Waals surface area contributed by atoms with Crippen LogP contribution in [0.15, 0.2) is 75.5 Å². The van der Waals surface area contributed by atoms with Crippen LogP contribution in [0.3, 0.4) is 0 Å². The predicted octanol–water partition coefficient (Wildman–Crippen LogP) is 6.33. The molecule has 0 amide bonds. The molecule has 0 spiro atoms. The van der Waals surface area contributed by atoms with E-state index in [-0.39, 0.29) is 34.7 Å². The molecule has 0 saturated carbocycles. The Hall–Kier alpha value is -3.72. The second-order valence-corrected chi connectivity index (χ2v) is 12.6. The van der Waals surface area contributed by atoms with Gasteiger partial charge in [0.2, 0.25) is 5.13 Å². The van der Waals surface area contributed by atoms with Gasteiger partial charge in [0, 0.05) is 40.6 Å². The largest absolute Gasteiger partial charge is 0.384 e. The lowest BCUT2D eigenvalue weighted by Crippen LogP contribution is -2.42. The minimum atomic E-state index is -0.813. The monoisotopic (exact) mass is 578 g/mol. The molecule has 9 nitrogen and oxygen atoms in total. The highest BCUT2D eigenvalue weighted by atomic mass is 35.5. The van der Waals surface area contributed by atoms with Gasteiger partial charge >= 0.3 is 0 Å². The molecule has 0 fully saturated rings. The van der Waals surface area contributed by atoms with Crippen LogP contribution in [0, 0.1) is 26.9 Å². The number of rotatable bonds is 6. The number of thioether (sulfide) groups is 1. The van der Waals surface area contributed by atoms with Gasteiger partial charge in [-0.2, -0.15) is 5.26 Å². The zero-order valence-corrected chi connectivity index (χ0v) is 23.4. The number of Topliss-reactive ketones (excluding diaryl/α,β-unsaturated/α-hetero) is 1. The molecule has 0 radical (unpaired) electrons. The van der Waals surface area contributed by atoms with Crippen molar-refractivity contribution in [3.63, 3.8) is 0 Å². The number of carbonyl (C=O) groups excluding carboxylic acids is 1. The minimum absolute atomic E-state index is 0.124. The van der Waals surface area contributed by atoms with Gasteiger partial charge in [0.1, 0.15) is 5.82 Å². The maximum atomic E-state index is 13.6. The Morgan fingerprint density at radius 3 is 2.74 bits per heavy atom. The van der Waals surface area contributed by atoms with Crippen LogP contribution in [0.1, 0.15) is 43.7 Å². The van der Waals surface area contributed by atoms with Gasteiger partial charge < -0.3 is 5.73 Å². The first kappa shape index (κ1) is 26.9.